The van der Waals surface area contributed by atoms with Gasteiger partial charge in [0.05, 0.1) is 0 Å². The number of hydrogen-bond donors (Lipinski definition) is 1. The van der Waals surface area contributed by atoms with Gasteiger partial charge in [0.2, 0.25) is 0 Å². The summed E-state index contributed by atoms with van der Waals surface area (Å²) in [7, 11) is 0. The average Bonchev–Trinajstić information content (AvgIpc) is 2.70. The Morgan fingerprint density at radius 1 is 1.10 bits per heavy atom. The number of ether oxygens (including phenoxy) is 2. The van der Waals surface area contributed by atoms with Crippen molar-refractivity contribution in [1.82, 2.24) is 0 Å². The van der Waals surface area contributed by atoms with E-state index in [2.05, 4.69) is 20.8 Å². The molecule has 158 valence electrons. The van der Waals surface area contributed by atoms with Gasteiger partial charge in [-0.1, -0.05) is 39.0 Å². The molecule has 1 heterocycles. The molecule has 0 fully saturated rings. The van der Waals surface area contributed by atoms with Crippen LogP contribution in [0.5, 0.6) is 11.5 Å². The summed E-state index contributed by atoms with van der Waals surface area (Å²) in [4.78, 5) is 23.2. The van der Waals surface area contributed by atoms with Crippen LogP contribution in [0.25, 0.3) is 11.0 Å². The maximum atomic E-state index is 12.3. The number of benzene rings is 2. The Morgan fingerprint density at radius 2 is 1.74 bits per heavy atom. The molecule has 1 atom stereocenters. The Bertz CT molecular complexity index is 1100. The fourth-order valence-electron chi connectivity index (χ4n) is 2.88. The number of rotatable bonds is 7. The molecule has 3 aromatic rings. The van der Waals surface area contributed by atoms with E-state index in [-0.39, 0.29) is 64.9 Å². The van der Waals surface area contributed by atoms with Crippen LogP contribution in [-0.4, -0.2) is 30.4 Å². The van der Waals surface area contributed by atoms with Gasteiger partial charge in [0, 0.05) is 6.07 Å². The van der Waals surface area contributed by atoms with Crippen LogP contribution in [0.15, 0.2) is 57.7 Å². The number of aliphatic hydroxyl groups is 1. The van der Waals surface area contributed by atoms with Crippen molar-refractivity contribution in [2.24, 2.45) is 0 Å². The van der Waals surface area contributed by atoms with Crippen molar-refractivity contribution in [3.8, 4) is 11.5 Å². The van der Waals surface area contributed by atoms with Gasteiger partial charge in [0.25, 0.3) is 0 Å². The first-order valence-electron chi connectivity index (χ1n) is 9.47. The third kappa shape index (κ3) is 6.33. The molecular formula is C23H23NaO7. The van der Waals surface area contributed by atoms with Crippen molar-refractivity contribution in [3.05, 3.63) is 70.1 Å². The molecule has 1 unspecified atom stereocenters. The van der Waals surface area contributed by atoms with Crippen LogP contribution >= 0.6 is 0 Å². The van der Waals surface area contributed by atoms with Crippen molar-refractivity contribution in [2.75, 3.05) is 13.2 Å². The topological polar surface area (TPSA) is 109 Å². The van der Waals surface area contributed by atoms with Gasteiger partial charge in [-0.05, 0) is 35.2 Å². The Labute approximate surface area is 201 Å². The molecule has 1 N–H and O–H groups in total. The monoisotopic (exact) mass is 434 g/mol. The molecule has 3 rings (SSSR count). The largest absolute Gasteiger partial charge is 1.00 e. The number of carbonyl (C=O) groups excluding carboxylic acids is 1. The van der Waals surface area contributed by atoms with Crippen molar-refractivity contribution < 1.29 is 58.5 Å². The van der Waals surface area contributed by atoms with Gasteiger partial charge >= 0.3 is 29.6 Å². The summed E-state index contributed by atoms with van der Waals surface area (Å²) in [6.07, 6.45) is -0.947. The summed E-state index contributed by atoms with van der Waals surface area (Å²) >= 11 is 0. The van der Waals surface area contributed by atoms with Gasteiger partial charge in [-0.3, -0.25) is 4.79 Å². The molecule has 0 bridgehead atoms. The number of carboxylic acid groups (broad SMARTS) is 1. The molecule has 0 aliphatic heterocycles. The minimum Gasteiger partial charge on any atom is -0.542 e. The molecule has 0 aliphatic carbocycles. The summed E-state index contributed by atoms with van der Waals surface area (Å²) in [6, 6.07) is 13.0. The second-order valence-corrected chi connectivity index (χ2v) is 7.94. The van der Waals surface area contributed by atoms with Crippen LogP contribution < -0.4 is 49.6 Å². The first-order chi connectivity index (χ1) is 14.1. The number of carboxylic acids is 1. The van der Waals surface area contributed by atoms with Crippen molar-refractivity contribution in [2.45, 2.75) is 32.3 Å². The van der Waals surface area contributed by atoms with Gasteiger partial charge in [-0.2, -0.15) is 0 Å². The van der Waals surface area contributed by atoms with E-state index in [0.29, 0.717) is 5.75 Å². The fraction of sp³-hybridized carbons (Fsp3) is 0.304. The minimum absolute atomic E-state index is 0. The molecule has 7 nitrogen and oxygen atoms in total. The van der Waals surface area contributed by atoms with E-state index in [0.717, 1.165) is 6.07 Å². The van der Waals surface area contributed by atoms with E-state index >= 15 is 0 Å². The molecule has 0 aliphatic rings. The van der Waals surface area contributed by atoms with Crippen LogP contribution in [0.4, 0.5) is 0 Å². The Kier molecular flexibility index (Phi) is 8.31. The van der Waals surface area contributed by atoms with Crippen LogP contribution in [0.2, 0.25) is 0 Å². The van der Waals surface area contributed by atoms with E-state index in [1.54, 1.807) is 6.07 Å². The zero-order chi connectivity index (χ0) is 21.9. The maximum Gasteiger partial charge on any atom is 1.00 e. The van der Waals surface area contributed by atoms with Gasteiger partial charge < -0.3 is 28.9 Å². The van der Waals surface area contributed by atoms with Gasteiger partial charge in [-0.15, -0.1) is 0 Å². The standard InChI is InChI=1S/C23H24O7.Na/c1-23(2,3)14-7-9-16(10-8-14)28-12-15(24)13-29-18-5-4-6-19-21(18)17(25)11-20(30-19)22(26)27;/h4-11,15,24H,12-13H2,1-3H3,(H,26,27);/q;+1/p-1. The predicted octanol–water partition coefficient (Wildman–Crippen LogP) is -0.723. The van der Waals surface area contributed by atoms with Crippen LogP contribution in [0, 0.1) is 0 Å². The molecule has 2 aromatic carbocycles. The molecule has 0 radical (unpaired) electrons. The SMILES string of the molecule is CC(C)(C)c1ccc(OCC(O)COc2cccc3oc(C(=O)[O-])cc(=O)c23)cc1.[Na+]. The smallest absolute Gasteiger partial charge is 0.542 e. The van der Waals surface area contributed by atoms with E-state index in [4.69, 9.17) is 13.9 Å². The molecule has 1 aromatic heterocycles. The number of carbonyl (C=O) groups is 1. The minimum atomic E-state index is -1.58. The Morgan fingerprint density at radius 3 is 2.35 bits per heavy atom. The van der Waals surface area contributed by atoms with Gasteiger partial charge in [0.1, 0.15) is 47.8 Å². The number of aromatic carboxylic acids is 1. The average molecular weight is 434 g/mol. The molecule has 0 saturated carbocycles. The molecule has 0 spiro atoms. The summed E-state index contributed by atoms with van der Waals surface area (Å²) in [5, 5.41) is 21.2. The molecule has 0 amide bonds. The third-order valence-corrected chi connectivity index (χ3v) is 4.51. The van der Waals surface area contributed by atoms with E-state index in [1.165, 1.54) is 17.7 Å². The number of aliphatic hydroxyl groups excluding tert-OH is 1. The quantitative estimate of drug-likeness (QED) is 0.489. The maximum absolute atomic E-state index is 12.3. The number of fused-ring (bicyclic) bond motifs is 1. The fourth-order valence-corrected chi connectivity index (χ4v) is 2.88. The zero-order valence-corrected chi connectivity index (χ0v) is 20.0. The molecule has 0 saturated heterocycles. The second kappa shape index (κ2) is 10.3. The normalized spacial score (nSPS) is 12.1. The summed E-state index contributed by atoms with van der Waals surface area (Å²) in [5.74, 6) is -1.33. The Hall–Kier alpha value is -2.32. The first kappa shape index (κ1) is 24.9. The first-order valence-corrected chi connectivity index (χ1v) is 9.47. The molecule has 31 heavy (non-hydrogen) atoms. The summed E-state index contributed by atoms with van der Waals surface area (Å²) in [5.41, 5.74) is 0.702. The van der Waals surface area contributed by atoms with Crippen molar-refractivity contribution in [3.63, 3.8) is 0 Å². The second-order valence-electron chi connectivity index (χ2n) is 7.94. The van der Waals surface area contributed by atoms with E-state index in [1.807, 2.05) is 24.3 Å². The van der Waals surface area contributed by atoms with Gasteiger partial charge in [-0.25, -0.2) is 0 Å². The summed E-state index contributed by atoms with van der Waals surface area (Å²) in [6.45, 7) is 6.25. The van der Waals surface area contributed by atoms with E-state index in [9.17, 15) is 19.8 Å². The van der Waals surface area contributed by atoms with Gasteiger partial charge in [0.15, 0.2) is 11.2 Å². The van der Waals surface area contributed by atoms with Crippen LogP contribution in [0.1, 0.15) is 36.9 Å². The van der Waals surface area contributed by atoms with E-state index < -0.39 is 23.3 Å². The van der Waals surface area contributed by atoms with Crippen molar-refractivity contribution in [1.29, 1.82) is 0 Å². The van der Waals surface area contributed by atoms with Crippen molar-refractivity contribution >= 4 is 16.9 Å². The molecular weight excluding hydrogens is 411 g/mol. The molecule has 8 heteroatoms. The Balaban J connectivity index is 0.00000341. The zero-order valence-electron chi connectivity index (χ0n) is 18.0. The summed E-state index contributed by atoms with van der Waals surface area (Å²) < 4.78 is 16.3. The van der Waals surface area contributed by atoms with Crippen LogP contribution in [-0.2, 0) is 5.41 Å². The number of hydrogen-bond acceptors (Lipinski definition) is 7. The van der Waals surface area contributed by atoms with Crippen LogP contribution in [0.3, 0.4) is 0 Å². The predicted molar refractivity (Wildman–Crippen MR) is 109 cm³/mol. The third-order valence-electron chi connectivity index (χ3n) is 4.51.